The first-order valence-corrected chi connectivity index (χ1v) is 6.86. The zero-order chi connectivity index (χ0) is 13.2. The van der Waals surface area contributed by atoms with Crippen molar-refractivity contribution in [3.8, 4) is 6.07 Å². The van der Waals surface area contributed by atoms with Crippen molar-refractivity contribution in [2.45, 2.75) is 19.8 Å². The fraction of sp³-hybridized carbons (Fsp3) is 0.375. The second-order valence-corrected chi connectivity index (χ2v) is 5.14. The summed E-state index contributed by atoms with van der Waals surface area (Å²) in [6, 6.07) is 12.1. The van der Waals surface area contributed by atoms with Gasteiger partial charge in [0.2, 0.25) is 0 Å². The number of fused-ring (bicyclic) bond motifs is 1. The molecule has 1 aromatic heterocycles. The summed E-state index contributed by atoms with van der Waals surface area (Å²) >= 11 is 0. The Bertz CT molecular complexity index is 638. The molecule has 1 fully saturated rings. The molecular formula is C16H17N3. The topological polar surface area (TPSA) is 39.9 Å². The fourth-order valence-corrected chi connectivity index (χ4v) is 2.41. The number of nitriles is 1. The smallest absolute Gasteiger partial charge is 0.130 e. The number of nitrogens with zero attached hydrogens (tertiary/aromatic N) is 3. The van der Waals surface area contributed by atoms with Gasteiger partial charge in [-0.3, -0.25) is 0 Å². The Morgan fingerprint density at radius 1 is 1.37 bits per heavy atom. The van der Waals surface area contributed by atoms with Gasteiger partial charge in [0, 0.05) is 18.5 Å². The van der Waals surface area contributed by atoms with Gasteiger partial charge in [-0.1, -0.05) is 18.2 Å². The van der Waals surface area contributed by atoms with Gasteiger partial charge in [0.25, 0.3) is 0 Å². The number of rotatable bonds is 4. The lowest BCUT2D eigenvalue weighted by molar-refractivity contribution is 0.733. The number of aromatic nitrogens is 1. The van der Waals surface area contributed by atoms with E-state index in [1.54, 1.807) is 0 Å². The summed E-state index contributed by atoms with van der Waals surface area (Å²) in [5, 5.41) is 10.3. The van der Waals surface area contributed by atoms with Crippen LogP contribution in [0.4, 0.5) is 5.82 Å². The molecule has 3 heteroatoms. The molecule has 0 amide bonds. The van der Waals surface area contributed by atoms with Crippen molar-refractivity contribution in [2.75, 3.05) is 18.0 Å². The zero-order valence-corrected chi connectivity index (χ0v) is 11.1. The van der Waals surface area contributed by atoms with E-state index in [0.717, 1.165) is 41.3 Å². The summed E-state index contributed by atoms with van der Waals surface area (Å²) in [4.78, 5) is 6.99. The highest BCUT2D eigenvalue weighted by Gasteiger charge is 2.24. The number of pyridine rings is 1. The molecule has 19 heavy (non-hydrogen) atoms. The van der Waals surface area contributed by atoms with Gasteiger partial charge >= 0.3 is 0 Å². The van der Waals surface area contributed by atoms with Gasteiger partial charge in [0.1, 0.15) is 5.82 Å². The Kier molecular flexibility index (Phi) is 3.08. The average Bonchev–Trinajstić information content (AvgIpc) is 3.27. The fourth-order valence-electron chi connectivity index (χ4n) is 2.41. The Morgan fingerprint density at radius 2 is 2.16 bits per heavy atom. The summed E-state index contributed by atoms with van der Waals surface area (Å²) in [5.74, 6) is 1.75. The summed E-state index contributed by atoms with van der Waals surface area (Å²) in [5.41, 5.74) is 1.63. The molecule has 0 saturated heterocycles. The molecule has 1 aliphatic carbocycles. The molecule has 0 bridgehead atoms. The lowest BCUT2D eigenvalue weighted by Gasteiger charge is -2.22. The minimum atomic E-state index is 0.717. The zero-order valence-electron chi connectivity index (χ0n) is 11.1. The molecule has 0 radical (unpaired) electrons. The normalized spacial score (nSPS) is 14.3. The lowest BCUT2D eigenvalue weighted by Crippen LogP contribution is -2.26. The molecule has 1 aromatic carbocycles. The van der Waals surface area contributed by atoms with E-state index in [0.29, 0.717) is 0 Å². The van der Waals surface area contributed by atoms with Crippen LogP contribution in [-0.2, 0) is 0 Å². The standard InChI is InChI=1S/C16H17N3/c1-2-19(11-12-7-8-12)16-9-13(10-17)14-5-3-4-6-15(14)18-16/h3-6,9,12H,2,7-8,11H2,1H3. The third-order valence-corrected chi connectivity index (χ3v) is 3.70. The van der Waals surface area contributed by atoms with E-state index in [-0.39, 0.29) is 0 Å². The minimum absolute atomic E-state index is 0.717. The van der Waals surface area contributed by atoms with Crippen LogP contribution in [0.5, 0.6) is 0 Å². The van der Waals surface area contributed by atoms with Crippen LogP contribution in [0.25, 0.3) is 10.9 Å². The third-order valence-electron chi connectivity index (χ3n) is 3.70. The van der Waals surface area contributed by atoms with E-state index < -0.39 is 0 Å². The van der Waals surface area contributed by atoms with Crippen LogP contribution in [0.3, 0.4) is 0 Å². The summed E-state index contributed by atoms with van der Waals surface area (Å²) < 4.78 is 0. The van der Waals surface area contributed by atoms with Gasteiger partial charge < -0.3 is 4.90 Å². The van der Waals surface area contributed by atoms with Crippen molar-refractivity contribution in [2.24, 2.45) is 5.92 Å². The van der Waals surface area contributed by atoms with Gasteiger partial charge in [0.15, 0.2) is 0 Å². The quantitative estimate of drug-likeness (QED) is 0.836. The Morgan fingerprint density at radius 3 is 2.84 bits per heavy atom. The van der Waals surface area contributed by atoms with E-state index in [2.05, 4.69) is 17.9 Å². The van der Waals surface area contributed by atoms with Crippen LogP contribution in [-0.4, -0.2) is 18.1 Å². The van der Waals surface area contributed by atoms with Crippen molar-refractivity contribution in [3.05, 3.63) is 35.9 Å². The molecule has 0 atom stereocenters. The molecule has 3 rings (SSSR count). The van der Waals surface area contributed by atoms with Crippen LogP contribution >= 0.6 is 0 Å². The molecule has 0 N–H and O–H groups in total. The van der Waals surface area contributed by atoms with Crippen molar-refractivity contribution in [3.63, 3.8) is 0 Å². The molecule has 2 aromatic rings. The molecule has 3 nitrogen and oxygen atoms in total. The Labute approximate surface area is 113 Å². The van der Waals surface area contributed by atoms with E-state index in [1.807, 2.05) is 30.3 Å². The average molecular weight is 251 g/mol. The second-order valence-electron chi connectivity index (χ2n) is 5.14. The largest absolute Gasteiger partial charge is 0.357 e. The summed E-state index contributed by atoms with van der Waals surface area (Å²) in [7, 11) is 0. The van der Waals surface area contributed by atoms with Gasteiger partial charge in [0.05, 0.1) is 17.1 Å². The Hall–Kier alpha value is -2.08. The molecule has 0 aliphatic heterocycles. The maximum Gasteiger partial charge on any atom is 0.130 e. The molecule has 96 valence electrons. The monoisotopic (exact) mass is 251 g/mol. The van der Waals surface area contributed by atoms with Crippen LogP contribution in [0.2, 0.25) is 0 Å². The van der Waals surface area contributed by atoms with Gasteiger partial charge in [-0.05, 0) is 37.8 Å². The number of hydrogen-bond donors (Lipinski definition) is 0. The summed E-state index contributed by atoms with van der Waals surface area (Å²) in [6.45, 7) is 4.14. The van der Waals surface area contributed by atoms with Crippen molar-refractivity contribution >= 4 is 16.7 Å². The van der Waals surface area contributed by atoms with Crippen LogP contribution in [0.15, 0.2) is 30.3 Å². The first kappa shape index (κ1) is 12.0. The molecule has 0 spiro atoms. The highest BCUT2D eigenvalue weighted by molar-refractivity contribution is 5.86. The summed E-state index contributed by atoms with van der Waals surface area (Å²) in [6.07, 6.45) is 2.66. The highest BCUT2D eigenvalue weighted by Crippen LogP contribution is 2.31. The number of benzene rings is 1. The van der Waals surface area contributed by atoms with Gasteiger partial charge in [-0.15, -0.1) is 0 Å². The SMILES string of the molecule is CCN(CC1CC1)c1cc(C#N)c2ccccc2n1. The van der Waals surface area contributed by atoms with Crippen molar-refractivity contribution in [1.29, 1.82) is 5.26 Å². The number of anilines is 1. The maximum absolute atomic E-state index is 9.31. The van der Waals surface area contributed by atoms with Gasteiger partial charge in [-0.2, -0.15) is 5.26 Å². The second kappa shape index (κ2) is 4.89. The van der Waals surface area contributed by atoms with Crippen LogP contribution in [0.1, 0.15) is 25.3 Å². The van der Waals surface area contributed by atoms with E-state index in [4.69, 9.17) is 4.98 Å². The predicted molar refractivity (Wildman–Crippen MR) is 77.1 cm³/mol. The third kappa shape index (κ3) is 2.39. The Balaban J connectivity index is 2.05. The van der Waals surface area contributed by atoms with E-state index >= 15 is 0 Å². The first-order chi connectivity index (χ1) is 9.31. The molecule has 1 aliphatic rings. The molecular weight excluding hydrogens is 234 g/mol. The molecule has 1 saturated carbocycles. The predicted octanol–water partition coefficient (Wildman–Crippen LogP) is 3.34. The van der Waals surface area contributed by atoms with Crippen LogP contribution in [0, 0.1) is 17.2 Å². The maximum atomic E-state index is 9.31. The van der Waals surface area contributed by atoms with E-state index in [9.17, 15) is 5.26 Å². The highest BCUT2D eigenvalue weighted by atomic mass is 15.2. The van der Waals surface area contributed by atoms with Crippen LogP contribution < -0.4 is 4.90 Å². The minimum Gasteiger partial charge on any atom is -0.357 e. The number of para-hydroxylation sites is 1. The van der Waals surface area contributed by atoms with Crippen molar-refractivity contribution in [1.82, 2.24) is 4.98 Å². The van der Waals surface area contributed by atoms with Crippen molar-refractivity contribution < 1.29 is 0 Å². The van der Waals surface area contributed by atoms with Gasteiger partial charge in [-0.25, -0.2) is 4.98 Å². The number of hydrogen-bond acceptors (Lipinski definition) is 3. The lowest BCUT2D eigenvalue weighted by atomic mass is 10.1. The van der Waals surface area contributed by atoms with E-state index in [1.165, 1.54) is 12.8 Å². The molecule has 0 unspecified atom stereocenters. The first-order valence-electron chi connectivity index (χ1n) is 6.86. The molecule has 1 heterocycles.